The Morgan fingerprint density at radius 2 is 2.36 bits per heavy atom. The van der Waals surface area contributed by atoms with Gasteiger partial charge in [0.1, 0.15) is 0 Å². The Balaban J connectivity index is 2.39. The summed E-state index contributed by atoms with van der Waals surface area (Å²) < 4.78 is 0. The Hall–Kier alpha value is -0.610. The van der Waals surface area contributed by atoms with Gasteiger partial charge in [-0.3, -0.25) is 10.0 Å². The molecule has 1 heterocycles. The molecule has 0 aliphatic carbocycles. The molecule has 0 aromatic heterocycles. The summed E-state index contributed by atoms with van der Waals surface area (Å²) in [6.07, 6.45) is 3.03. The van der Waals surface area contributed by atoms with Gasteiger partial charge in [0.25, 0.3) is 5.91 Å². The van der Waals surface area contributed by atoms with Crippen LogP contribution >= 0.6 is 0 Å². The molecule has 1 fully saturated rings. The highest BCUT2D eigenvalue weighted by Gasteiger charge is 2.22. The lowest BCUT2D eigenvalue weighted by molar-refractivity contribution is -0.162. The van der Waals surface area contributed by atoms with Crippen molar-refractivity contribution in [2.75, 3.05) is 13.6 Å². The fraction of sp³-hybridized carbons (Fsp3) is 0.857. The Bertz CT molecular complexity index is 141. The molecular formula is C7H14N2O2. The van der Waals surface area contributed by atoms with Crippen molar-refractivity contribution in [3.63, 3.8) is 0 Å². The first-order valence-corrected chi connectivity index (χ1v) is 3.91. The van der Waals surface area contributed by atoms with Crippen molar-refractivity contribution in [2.45, 2.75) is 25.3 Å². The van der Waals surface area contributed by atoms with E-state index in [0.29, 0.717) is 5.06 Å². The standard InChI is InChI=1S/C7H14N2O2/c1-9(11)7(10)6-4-2-3-5-8-6/h6,8,11H,2-5H2,1H3/t6-/m1/s1. The zero-order valence-corrected chi connectivity index (χ0v) is 6.71. The zero-order chi connectivity index (χ0) is 8.27. The van der Waals surface area contributed by atoms with Gasteiger partial charge in [0.05, 0.1) is 6.04 Å². The van der Waals surface area contributed by atoms with Crippen LogP contribution in [0, 0.1) is 0 Å². The molecule has 1 aliphatic rings. The van der Waals surface area contributed by atoms with Crippen LogP contribution < -0.4 is 5.32 Å². The summed E-state index contributed by atoms with van der Waals surface area (Å²) in [5.41, 5.74) is 0. The van der Waals surface area contributed by atoms with E-state index in [-0.39, 0.29) is 11.9 Å². The second-order valence-corrected chi connectivity index (χ2v) is 2.86. The van der Waals surface area contributed by atoms with Crippen LogP contribution in [0.5, 0.6) is 0 Å². The number of nitrogens with one attached hydrogen (secondary N) is 1. The van der Waals surface area contributed by atoms with E-state index in [0.717, 1.165) is 25.8 Å². The Morgan fingerprint density at radius 3 is 2.82 bits per heavy atom. The molecule has 4 nitrogen and oxygen atoms in total. The molecular weight excluding hydrogens is 144 g/mol. The van der Waals surface area contributed by atoms with Gasteiger partial charge in [-0.15, -0.1) is 0 Å². The number of hydrogen-bond acceptors (Lipinski definition) is 3. The number of rotatable bonds is 1. The SMILES string of the molecule is CN(O)C(=O)[C@H]1CCCCN1. The molecule has 1 aliphatic heterocycles. The molecule has 0 aromatic carbocycles. The molecule has 0 bridgehead atoms. The van der Waals surface area contributed by atoms with Crippen LogP contribution in [-0.2, 0) is 4.79 Å². The molecule has 1 atom stereocenters. The lowest BCUT2D eigenvalue weighted by Gasteiger charge is -2.23. The van der Waals surface area contributed by atoms with Gasteiger partial charge >= 0.3 is 0 Å². The third kappa shape index (κ3) is 2.17. The van der Waals surface area contributed by atoms with Crippen molar-refractivity contribution in [3.05, 3.63) is 0 Å². The molecule has 4 heteroatoms. The van der Waals surface area contributed by atoms with Gasteiger partial charge in [-0.2, -0.15) is 0 Å². The Morgan fingerprint density at radius 1 is 1.64 bits per heavy atom. The smallest absolute Gasteiger partial charge is 0.262 e. The quantitative estimate of drug-likeness (QED) is 0.416. The Labute approximate surface area is 66.1 Å². The fourth-order valence-electron chi connectivity index (χ4n) is 1.29. The van der Waals surface area contributed by atoms with Gasteiger partial charge < -0.3 is 5.32 Å². The van der Waals surface area contributed by atoms with E-state index in [1.807, 2.05) is 0 Å². The Kier molecular flexibility index (Phi) is 2.84. The van der Waals surface area contributed by atoms with Gasteiger partial charge in [0.2, 0.25) is 0 Å². The van der Waals surface area contributed by atoms with Crippen molar-refractivity contribution in [2.24, 2.45) is 0 Å². The number of carbonyl (C=O) groups is 1. The number of hydrogen-bond donors (Lipinski definition) is 2. The second kappa shape index (κ2) is 3.69. The fourth-order valence-corrected chi connectivity index (χ4v) is 1.29. The van der Waals surface area contributed by atoms with Crippen molar-refractivity contribution in [3.8, 4) is 0 Å². The van der Waals surface area contributed by atoms with Crippen LogP contribution in [0.4, 0.5) is 0 Å². The molecule has 11 heavy (non-hydrogen) atoms. The number of nitrogens with zero attached hydrogens (tertiary/aromatic N) is 1. The van der Waals surface area contributed by atoms with Crippen LogP contribution in [0.2, 0.25) is 0 Å². The largest absolute Gasteiger partial charge is 0.306 e. The summed E-state index contributed by atoms with van der Waals surface area (Å²) in [7, 11) is 1.36. The number of piperidine rings is 1. The molecule has 0 saturated carbocycles. The summed E-state index contributed by atoms with van der Waals surface area (Å²) >= 11 is 0. The summed E-state index contributed by atoms with van der Waals surface area (Å²) in [6.45, 7) is 0.879. The van der Waals surface area contributed by atoms with Gasteiger partial charge in [-0.05, 0) is 19.4 Å². The van der Waals surface area contributed by atoms with Crippen molar-refractivity contribution >= 4 is 5.91 Å². The summed E-state index contributed by atoms with van der Waals surface area (Å²) in [6, 6.07) is -0.168. The summed E-state index contributed by atoms with van der Waals surface area (Å²) in [5.74, 6) is -0.232. The van der Waals surface area contributed by atoms with Gasteiger partial charge in [-0.1, -0.05) is 6.42 Å². The van der Waals surface area contributed by atoms with Crippen molar-refractivity contribution in [1.29, 1.82) is 0 Å². The molecule has 0 radical (unpaired) electrons. The molecule has 1 rings (SSSR count). The molecule has 1 amide bonds. The zero-order valence-electron chi connectivity index (χ0n) is 6.71. The van der Waals surface area contributed by atoms with E-state index in [1.54, 1.807) is 0 Å². The monoisotopic (exact) mass is 158 g/mol. The predicted octanol–water partition coefficient (Wildman–Crippen LogP) is -0.0239. The van der Waals surface area contributed by atoms with Gasteiger partial charge in [-0.25, -0.2) is 5.06 Å². The highest BCUT2D eigenvalue weighted by atomic mass is 16.5. The maximum Gasteiger partial charge on any atom is 0.262 e. The third-order valence-corrected chi connectivity index (χ3v) is 1.93. The van der Waals surface area contributed by atoms with Crippen LogP contribution in [0.1, 0.15) is 19.3 Å². The molecule has 0 aromatic rings. The number of likely N-dealkylation sites (N-methyl/N-ethyl adjacent to an activating group) is 1. The van der Waals surface area contributed by atoms with Gasteiger partial charge in [0, 0.05) is 7.05 Å². The number of hydroxylamine groups is 2. The van der Waals surface area contributed by atoms with Crippen molar-refractivity contribution in [1.82, 2.24) is 10.4 Å². The first kappa shape index (κ1) is 8.49. The van der Waals surface area contributed by atoms with E-state index in [2.05, 4.69) is 5.32 Å². The van der Waals surface area contributed by atoms with Crippen LogP contribution in [0.25, 0.3) is 0 Å². The molecule has 64 valence electrons. The maximum absolute atomic E-state index is 11.1. The highest BCUT2D eigenvalue weighted by molar-refractivity contribution is 5.80. The topological polar surface area (TPSA) is 52.6 Å². The lowest BCUT2D eigenvalue weighted by atomic mass is 10.0. The minimum atomic E-state index is -0.232. The first-order chi connectivity index (χ1) is 5.22. The van der Waals surface area contributed by atoms with E-state index >= 15 is 0 Å². The van der Waals surface area contributed by atoms with E-state index < -0.39 is 0 Å². The molecule has 0 spiro atoms. The van der Waals surface area contributed by atoms with E-state index in [9.17, 15) is 4.79 Å². The van der Waals surface area contributed by atoms with Crippen LogP contribution in [0.3, 0.4) is 0 Å². The number of carbonyl (C=O) groups excluding carboxylic acids is 1. The van der Waals surface area contributed by atoms with E-state index in [1.165, 1.54) is 7.05 Å². The summed E-state index contributed by atoms with van der Waals surface area (Å²) in [5, 5.41) is 12.5. The molecule has 1 saturated heterocycles. The minimum Gasteiger partial charge on any atom is -0.306 e. The van der Waals surface area contributed by atoms with E-state index in [4.69, 9.17) is 5.21 Å². The minimum absolute atomic E-state index is 0.168. The normalized spacial score (nSPS) is 24.7. The summed E-state index contributed by atoms with van der Waals surface area (Å²) in [4.78, 5) is 11.1. The number of amides is 1. The average Bonchev–Trinajstić information content (AvgIpc) is 2.05. The molecule has 2 N–H and O–H groups in total. The first-order valence-electron chi connectivity index (χ1n) is 3.91. The second-order valence-electron chi connectivity index (χ2n) is 2.86. The lowest BCUT2D eigenvalue weighted by Crippen LogP contribution is -2.46. The average molecular weight is 158 g/mol. The van der Waals surface area contributed by atoms with Crippen LogP contribution in [-0.4, -0.2) is 35.8 Å². The maximum atomic E-state index is 11.1. The third-order valence-electron chi connectivity index (χ3n) is 1.93. The van der Waals surface area contributed by atoms with Crippen molar-refractivity contribution < 1.29 is 10.0 Å². The van der Waals surface area contributed by atoms with Gasteiger partial charge in [0.15, 0.2) is 0 Å². The molecule has 0 unspecified atom stereocenters. The predicted molar refractivity (Wildman–Crippen MR) is 40.2 cm³/mol. The highest BCUT2D eigenvalue weighted by Crippen LogP contribution is 2.07. The van der Waals surface area contributed by atoms with Crippen LogP contribution in [0.15, 0.2) is 0 Å².